The van der Waals surface area contributed by atoms with E-state index in [2.05, 4.69) is 11.8 Å². The molecule has 3 nitrogen and oxygen atoms in total. The third-order valence-corrected chi connectivity index (χ3v) is 3.28. The van der Waals surface area contributed by atoms with Gasteiger partial charge >= 0.3 is 0 Å². The third kappa shape index (κ3) is 3.32. The van der Waals surface area contributed by atoms with Gasteiger partial charge in [-0.25, -0.2) is 0 Å². The Kier molecular flexibility index (Phi) is 4.37. The van der Waals surface area contributed by atoms with E-state index in [0.717, 1.165) is 22.8 Å². The van der Waals surface area contributed by atoms with Crippen LogP contribution < -0.4 is 0 Å². The largest absolute Gasteiger partial charge is 0.384 e. The van der Waals surface area contributed by atoms with E-state index in [-0.39, 0.29) is 12.7 Å². The van der Waals surface area contributed by atoms with Crippen LogP contribution in [0.5, 0.6) is 0 Å². The summed E-state index contributed by atoms with van der Waals surface area (Å²) in [6.07, 6.45) is 1.23. The lowest BCUT2D eigenvalue weighted by Crippen LogP contribution is -2.11. The topological polar surface area (TPSA) is 38.7 Å². The van der Waals surface area contributed by atoms with Gasteiger partial charge < -0.3 is 14.6 Å². The van der Waals surface area contributed by atoms with Gasteiger partial charge in [0.15, 0.2) is 0 Å². The average molecular weight is 238 g/mol. The van der Waals surface area contributed by atoms with Crippen molar-refractivity contribution in [2.24, 2.45) is 0 Å². The summed E-state index contributed by atoms with van der Waals surface area (Å²) in [5.41, 5.74) is 0. The molecule has 1 unspecified atom stereocenters. The summed E-state index contributed by atoms with van der Waals surface area (Å²) in [6, 6.07) is 3.97. The first-order chi connectivity index (χ1) is 7.88. The molecule has 2 heterocycles. The predicted molar refractivity (Wildman–Crippen MR) is 62.3 cm³/mol. The molecular weight excluding hydrogens is 224 g/mol. The van der Waals surface area contributed by atoms with Crippen molar-refractivity contribution in [3.63, 3.8) is 0 Å². The molecule has 1 N–H and O–H groups in total. The highest BCUT2D eigenvalue weighted by Gasteiger charge is 2.15. The highest BCUT2D eigenvalue weighted by molar-refractivity contribution is 7.12. The highest BCUT2D eigenvalue weighted by Crippen LogP contribution is 2.18. The van der Waals surface area contributed by atoms with E-state index in [1.807, 2.05) is 12.1 Å². The fourth-order valence-corrected chi connectivity index (χ4v) is 2.30. The molecule has 86 valence electrons. The molecular formula is C12H14O3S. The van der Waals surface area contributed by atoms with Gasteiger partial charge in [-0.3, -0.25) is 0 Å². The summed E-state index contributed by atoms with van der Waals surface area (Å²) in [6.45, 7) is 2.05. The van der Waals surface area contributed by atoms with E-state index >= 15 is 0 Å². The Morgan fingerprint density at radius 1 is 1.56 bits per heavy atom. The lowest BCUT2D eigenvalue weighted by molar-refractivity contribution is 0.0331. The number of aliphatic hydroxyl groups excluding tert-OH is 1. The SMILES string of the molecule is OCC#Cc1ccc(COC2CCOC2)s1. The number of rotatable bonds is 3. The summed E-state index contributed by atoms with van der Waals surface area (Å²) in [5.74, 6) is 5.51. The minimum atomic E-state index is -0.0941. The number of thiophene rings is 1. The maximum Gasteiger partial charge on any atom is 0.104 e. The number of hydrogen-bond acceptors (Lipinski definition) is 4. The molecule has 1 atom stereocenters. The molecule has 0 spiro atoms. The summed E-state index contributed by atoms with van der Waals surface area (Å²) in [5, 5.41) is 8.57. The second kappa shape index (κ2) is 6.02. The van der Waals surface area contributed by atoms with Crippen LogP contribution >= 0.6 is 11.3 Å². The van der Waals surface area contributed by atoms with Gasteiger partial charge in [-0.2, -0.15) is 0 Å². The lowest BCUT2D eigenvalue weighted by atomic mass is 10.3. The molecule has 2 rings (SSSR count). The fraction of sp³-hybridized carbons (Fsp3) is 0.500. The van der Waals surface area contributed by atoms with Crippen LogP contribution in [-0.2, 0) is 16.1 Å². The minimum Gasteiger partial charge on any atom is -0.384 e. The van der Waals surface area contributed by atoms with E-state index in [9.17, 15) is 0 Å². The summed E-state index contributed by atoms with van der Waals surface area (Å²) >= 11 is 1.61. The molecule has 0 radical (unpaired) electrons. The Hall–Kier alpha value is -0.860. The summed E-state index contributed by atoms with van der Waals surface area (Å²) < 4.78 is 10.9. The lowest BCUT2D eigenvalue weighted by Gasteiger charge is -2.07. The Morgan fingerprint density at radius 3 is 3.25 bits per heavy atom. The van der Waals surface area contributed by atoms with Crippen LogP contribution in [0.4, 0.5) is 0 Å². The molecule has 1 aliphatic heterocycles. The smallest absolute Gasteiger partial charge is 0.104 e. The molecule has 1 aromatic heterocycles. The van der Waals surface area contributed by atoms with Crippen molar-refractivity contribution in [2.75, 3.05) is 19.8 Å². The van der Waals surface area contributed by atoms with Crippen LogP contribution in [0.2, 0.25) is 0 Å². The van der Waals surface area contributed by atoms with Crippen LogP contribution in [-0.4, -0.2) is 31.0 Å². The van der Waals surface area contributed by atoms with Crippen LogP contribution in [0, 0.1) is 11.8 Å². The van der Waals surface area contributed by atoms with Gasteiger partial charge in [0.2, 0.25) is 0 Å². The van der Waals surface area contributed by atoms with E-state index in [1.54, 1.807) is 11.3 Å². The Bertz CT molecular complexity index is 382. The summed E-state index contributed by atoms with van der Waals surface area (Å²) in [7, 11) is 0. The Balaban J connectivity index is 1.82. The standard InChI is InChI=1S/C12H14O3S/c13-6-1-2-11-3-4-12(16-11)9-15-10-5-7-14-8-10/h3-4,10,13H,5-9H2. The molecule has 16 heavy (non-hydrogen) atoms. The van der Waals surface area contributed by atoms with E-state index < -0.39 is 0 Å². The van der Waals surface area contributed by atoms with E-state index in [1.165, 1.54) is 0 Å². The third-order valence-electron chi connectivity index (χ3n) is 2.30. The Morgan fingerprint density at radius 2 is 2.50 bits per heavy atom. The predicted octanol–water partition coefficient (Wildman–Crippen LogP) is 1.40. The van der Waals surface area contributed by atoms with Crippen LogP contribution in [0.1, 0.15) is 16.2 Å². The van der Waals surface area contributed by atoms with Gasteiger partial charge in [-0.05, 0) is 18.6 Å². The first-order valence-electron chi connectivity index (χ1n) is 5.26. The van der Waals surface area contributed by atoms with Gasteiger partial charge in [0.1, 0.15) is 6.61 Å². The van der Waals surface area contributed by atoms with Gasteiger partial charge in [0.25, 0.3) is 0 Å². The monoisotopic (exact) mass is 238 g/mol. The number of aliphatic hydroxyl groups is 1. The maximum absolute atomic E-state index is 8.57. The van der Waals surface area contributed by atoms with Gasteiger partial charge in [0, 0.05) is 11.5 Å². The fourth-order valence-electron chi connectivity index (χ4n) is 1.49. The molecule has 1 aromatic rings. The average Bonchev–Trinajstić information content (AvgIpc) is 2.95. The van der Waals surface area contributed by atoms with Gasteiger partial charge in [0.05, 0.1) is 24.2 Å². The zero-order valence-electron chi connectivity index (χ0n) is 8.94. The van der Waals surface area contributed by atoms with Crippen molar-refractivity contribution in [3.05, 3.63) is 21.9 Å². The second-order valence-electron chi connectivity index (χ2n) is 3.52. The number of ether oxygens (including phenoxy) is 2. The van der Waals surface area contributed by atoms with Crippen molar-refractivity contribution in [1.82, 2.24) is 0 Å². The molecule has 0 bridgehead atoms. The molecule has 4 heteroatoms. The first-order valence-corrected chi connectivity index (χ1v) is 6.08. The van der Waals surface area contributed by atoms with Crippen LogP contribution in [0.25, 0.3) is 0 Å². The zero-order valence-corrected chi connectivity index (χ0v) is 9.76. The van der Waals surface area contributed by atoms with Crippen LogP contribution in [0.3, 0.4) is 0 Å². The second-order valence-corrected chi connectivity index (χ2v) is 4.69. The first kappa shape index (κ1) is 11.6. The van der Waals surface area contributed by atoms with E-state index in [4.69, 9.17) is 14.6 Å². The summed E-state index contributed by atoms with van der Waals surface area (Å²) in [4.78, 5) is 2.13. The quantitative estimate of drug-likeness (QED) is 0.809. The molecule has 0 aromatic carbocycles. The molecule has 0 saturated carbocycles. The molecule has 1 aliphatic rings. The molecule has 1 fully saturated rings. The van der Waals surface area contributed by atoms with E-state index in [0.29, 0.717) is 13.2 Å². The van der Waals surface area contributed by atoms with Crippen molar-refractivity contribution >= 4 is 11.3 Å². The van der Waals surface area contributed by atoms with Crippen LogP contribution in [0.15, 0.2) is 12.1 Å². The zero-order chi connectivity index (χ0) is 11.2. The maximum atomic E-state index is 8.57. The van der Waals surface area contributed by atoms with Crippen molar-refractivity contribution in [3.8, 4) is 11.8 Å². The van der Waals surface area contributed by atoms with Crippen molar-refractivity contribution in [1.29, 1.82) is 0 Å². The van der Waals surface area contributed by atoms with Crippen molar-refractivity contribution in [2.45, 2.75) is 19.1 Å². The normalized spacial score (nSPS) is 19.4. The molecule has 0 aliphatic carbocycles. The number of hydrogen-bond donors (Lipinski definition) is 1. The molecule has 0 amide bonds. The van der Waals surface area contributed by atoms with Gasteiger partial charge in [-0.1, -0.05) is 11.8 Å². The van der Waals surface area contributed by atoms with Gasteiger partial charge in [-0.15, -0.1) is 11.3 Å². The van der Waals surface area contributed by atoms with Crippen molar-refractivity contribution < 1.29 is 14.6 Å². The Labute approximate surface area is 99.0 Å². The minimum absolute atomic E-state index is 0.0941. The highest BCUT2D eigenvalue weighted by atomic mass is 32.1. The molecule has 1 saturated heterocycles.